The lowest BCUT2D eigenvalue weighted by Crippen LogP contribution is -2.11. The summed E-state index contributed by atoms with van der Waals surface area (Å²) in [6.45, 7) is 0.0178. The molecule has 58 heavy (non-hydrogen) atoms. The van der Waals surface area contributed by atoms with Gasteiger partial charge in [-0.05, 0) is 78.1 Å². The van der Waals surface area contributed by atoms with Gasteiger partial charge in [-0.25, -0.2) is 0 Å². The molecule has 7 nitrogen and oxygen atoms in total. The van der Waals surface area contributed by atoms with Crippen LogP contribution in [0.5, 0.6) is 5.75 Å². The number of halogens is 4. The highest BCUT2D eigenvalue weighted by molar-refractivity contribution is 14.1. The zero-order valence-electron chi connectivity index (χ0n) is 31.1. The van der Waals surface area contributed by atoms with Crippen LogP contribution in [0.1, 0.15) is 10.4 Å². The summed E-state index contributed by atoms with van der Waals surface area (Å²) in [4.78, 5) is 16.3. The predicted molar refractivity (Wildman–Crippen MR) is 264 cm³/mol. The minimum atomic E-state index is -4.67. The zero-order valence-corrected chi connectivity index (χ0v) is 39.4. The first kappa shape index (κ1) is 45.2. The third-order valence-electron chi connectivity index (χ3n) is 8.86. The summed E-state index contributed by atoms with van der Waals surface area (Å²) in [7, 11) is -4.67. The monoisotopic (exact) mass is 1140 g/mol. The second-order valence-corrected chi connectivity index (χ2v) is 15.0. The molecule has 0 spiro atoms. The van der Waals surface area contributed by atoms with Crippen LogP contribution in [-0.4, -0.2) is 39.8 Å². The Bertz CT molecular complexity index is 2910. The largest absolute Gasteiger partial charge is 0.485 e. The van der Waals surface area contributed by atoms with Gasteiger partial charge in [0.05, 0.1) is 6.26 Å². The van der Waals surface area contributed by atoms with E-state index in [1.165, 1.54) is 26.9 Å². The van der Waals surface area contributed by atoms with E-state index >= 15 is 0 Å². The maximum atomic E-state index is 12.4. The van der Waals surface area contributed by atoms with E-state index in [9.17, 15) is 4.79 Å². The molecule has 0 unspecified atom stereocenters. The summed E-state index contributed by atoms with van der Waals surface area (Å²) in [5.41, 5.74) is 3.91. The predicted octanol–water partition coefficient (Wildman–Crippen LogP) is 14.6. The van der Waals surface area contributed by atoms with Crippen molar-refractivity contribution in [1.82, 2.24) is 0 Å². The molecule has 2 N–H and O–H groups in total. The van der Waals surface area contributed by atoms with Gasteiger partial charge >= 0.3 is 10.4 Å². The van der Waals surface area contributed by atoms with Crippen LogP contribution in [0.2, 0.25) is 0 Å². The van der Waals surface area contributed by atoms with Gasteiger partial charge in [-0.15, -0.1) is 0 Å². The maximum Gasteiger partial charge on any atom is 0.394 e. The summed E-state index contributed by atoms with van der Waals surface area (Å²) in [5.74, 6) is 0.699. The quantitative estimate of drug-likeness (QED) is 0.0580. The number of furan rings is 1. The van der Waals surface area contributed by atoms with Gasteiger partial charge in [0.25, 0.3) is 0 Å². The Morgan fingerprint density at radius 2 is 1.03 bits per heavy atom. The molecule has 12 heteroatoms. The molecule has 0 aliphatic carbocycles. The van der Waals surface area contributed by atoms with Crippen molar-refractivity contribution in [1.29, 1.82) is 0 Å². The average Bonchev–Trinajstić information content (AvgIpc) is 3.70. The van der Waals surface area contributed by atoms with Crippen molar-refractivity contribution in [2.45, 2.75) is 0 Å². The number of alkyl halides is 2. The van der Waals surface area contributed by atoms with E-state index in [0.29, 0.717) is 5.56 Å². The third kappa shape index (κ3) is 11.2. The number of hydrogen-bond donors (Lipinski definition) is 2. The van der Waals surface area contributed by atoms with Crippen LogP contribution in [0, 0.1) is 0 Å². The number of rotatable bonds is 5. The van der Waals surface area contributed by atoms with Crippen LogP contribution in [0.4, 0.5) is 0 Å². The molecule has 0 bridgehead atoms. The highest BCUT2D eigenvalue weighted by atomic mass is 127. The summed E-state index contributed by atoms with van der Waals surface area (Å²) < 4.78 is 45.6. The maximum absolute atomic E-state index is 12.4. The third-order valence-corrected chi connectivity index (χ3v) is 9.92. The Morgan fingerprint density at radius 1 is 0.603 bits per heavy atom. The smallest absolute Gasteiger partial charge is 0.394 e. The van der Waals surface area contributed by atoms with Crippen LogP contribution >= 0.6 is 77.0 Å². The van der Waals surface area contributed by atoms with Crippen LogP contribution < -0.4 is 4.74 Å². The number of Topliss-reactive ketones (excluding diaryl/α,β-unsaturated/α-hetero) is 1. The molecule has 296 valence electrons. The summed E-state index contributed by atoms with van der Waals surface area (Å²) in [6, 6.07) is 51.0. The first-order chi connectivity index (χ1) is 28.0. The van der Waals surface area contributed by atoms with Gasteiger partial charge in [-0.2, -0.15) is 8.42 Å². The lowest BCUT2D eigenvalue weighted by Gasteiger charge is -2.12. The van der Waals surface area contributed by atoms with Gasteiger partial charge in [0.1, 0.15) is 11.3 Å². The zero-order chi connectivity index (χ0) is 41.8. The Balaban J connectivity index is 0.000000184. The van der Waals surface area contributed by atoms with Crippen molar-refractivity contribution in [3.8, 4) is 16.9 Å². The first-order valence-corrected chi connectivity index (χ1v) is 24.7. The second kappa shape index (κ2) is 21.4. The van der Waals surface area contributed by atoms with Gasteiger partial charge < -0.3 is 9.15 Å². The highest BCUT2D eigenvalue weighted by Crippen LogP contribution is 2.41. The molecular formula is C46H36Br2I2O7S. The molecule has 0 amide bonds. The summed E-state index contributed by atoms with van der Waals surface area (Å²) >= 11 is 11.2. The van der Waals surface area contributed by atoms with Crippen LogP contribution in [0.25, 0.3) is 65.2 Å². The average molecular weight is 1150 g/mol. The van der Waals surface area contributed by atoms with Crippen molar-refractivity contribution in [3.63, 3.8) is 0 Å². The molecule has 1 heterocycles. The molecule has 0 aliphatic rings. The normalized spacial score (nSPS) is 10.7. The molecule has 1 aromatic heterocycles. The van der Waals surface area contributed by atoms with Gasteiger partial charge in [0.2, 0.25) is 0 Å². The highest BCUT2D eigenvalue weighted by Gasteiger charge is 2.16. The first-order valence-electron chi connectivity index (χ1n) is 17.4. The standard InChI is InChI=1S/C22H15BrO2.C22H13BrO.2CH3I.H2O4S/c23-17-11-9-15(10-12-17)21(24)14-25-22-13-16-5-1-2-6-18(16)19-7-3-4-8-20(19)22;23-15-11-9-14(10-12-15)20-13-24-22-19-8-4-2-6-17(19)16-5-1-3-7-18(16)21(20)22;2*1-2;1-5(2,3)4/h1-13H,14H2;1-13H;2*1H3;(H2,1,2,3,4). The van der Waals surface area contributed by atoms with E-state index in [0.717, 1.165) is 52.9 Å². The van der Waals surface area contributed by atoms with Gasteiger partial charge in [0, 0.05) is 36.2 Å². The van der Waals surface area contributed by atoms with E-state index in [4.69, 9.17) is 26.7 Å². The van der Waals surface area contributed by atoms with E-state index in [-0.39, 0.29) is 12.4 Å². The molecule has 0 saturated carbocycles. The van der Waals surface area contributed by atoms with E-state index in [1.54, 1.807) is 12.1 Å². The van der Waals surface area contributed by atoms with Gasteiger partial charge in [-0.1, -0.05) is 198 Å². The topological polar surface area (TPSA) is 114 Å². The fourth-order valence-electron chi connectivity index (χ4n) is 6.52. The Hall–Kier alpha value is -3.90. The molecule has 9 aromatic rings. The van der Waals surface area contributed by atoms with E-state index < -0.39 is 10.4 Å². The second-order valence-electron chi connectivity index (χ2n) is 12.3. The molecule has 0 aliphatic heterocycles. The van der Waals surface area contributed by atoms with Crippen molar-refractivity contribution >= 4 is 147 Å². The molecular weight excluding hydrogens is 1110 g/mol. The fourth-order valence-corrected chi connectivity index (χ4v) is 7.05. The van der Waals surface area contributed by atoms with Crippen LogP contribution in [0.15, 0.2) is 171 Å². The molecule has 9 rings (SSSR count). The molecule has 0 atom stereocenters. The fraction of sp³-hybridized carbons (Fsp3) is 0.0652. The number of hydrogen-bond acceptors (Lipinski definition) is 5. The van der Waals surface area contributed by atoms with Gasteiger partial charge in [0.15, 0.2) is 12.4 Å². The number of benzene rings is 8. The Kier molecular flexibility index (Phi) is 16.7. The van der Waals surface area contributed by atoms with Crippen molar-refractivity contribution in [2.75, 3.05) is 16.5 Å². The SMILES string of the molecule is Brc1ccc(-c2coc3c4ccccc4c4ccccc4c23)cc1.CI.CI.O=C(COc1cc2ccccc2c2ccccc12)c1ccc(Br)cc1.O=S(=O)(O)O. The van der Waals surface area contributed by atoms with Crippen molar-refractivity contribution in [3.05, 3.63) is 172 Å². The van der Waals surface area contributed by atoms with Crippen LogP contribution in [-0.2, 0) is 10.4 Å². The molecule has 0 radical (unpaired) electrons. The van der Waals surface area contributed by atoms with E-state index in [2.05, 4.69) is 168 Å². The molecule has 8 aromatic carbocycles. The lowest BCUT2D eigenvalue weighted by atomic mass is 9.95. The van der Waals surface area contributed by atoms with E-state index in [1.807, 2.05) is 64.7 Å². The number of fused-ring (bicyclic) bond motifs is 9. The van der Waals surface area contributed by atoms with Gasteiger partial charge in [-0.3, -0.25) is 13.9 Å². The minimum Gasteiger partial charge on any atom is -0.485 e. The summed E-state index contributed by atoms with van der Waals surface area (Å²) in [6.07, 6.45) is 1.88. The number of ether oxygens (including phenoxy) is 1. The lowest BCUT2D eigenvalue weighted by molar-refractivity contribution is 0.0922. The molecule has 0 saturated heterocycles. The summed E-state index contributed by atoms with van der Waals surface area (Å²) in [5, 5.41) is 10.5. The van der Waals surface area contributed by atoms with Crippen LogP contribution in [0.3, 0.4) is 0 Å². The Labute approximate surface area is 380 Å². The number of carbonyl (C=O) groups excluding carboxylic acids is 1. The number of ketones is 1. The minimum absolute atomic E-state index is 0.0178. The molecule has 0 fully saturated rings. The van der Waals surface area contributed by atoms with Crippen molar-refractivity contribution < 1.29 is 31.5 Å². The Morgan fingerprint density at radius 3 is 1.60 bits per heavy atom. The van der Waals surface area contributed by atoms with Crippen molar-refractivity contribution in [2.24, 2.45) is 0 Å². The number of carbonyl (C=O) groups is 1.